The Labute approximate surface area is 195 Å². The smallest absolute Gasteiger partial charge is 0.275 e. The number of fused-ring (bicyclic) bond motifs is 1. The Morgan fingerprint density at radius 1 is 1.03 bits per heavy atom. The molecule has 4 aromatic rings. The van der Waals surface area contributed by atoms with Gasteiger partial charge in [0, 0.05) is 52.7 Å². The largest absolute Gasteiger partial charge is 0.350 e. The van der Waals surface area contributed by atoms with E-state index in [9.17, 15) is 9.59 Å². The van der Waals surface area contributed by atoms with E-state index in [0.717, 1.165) is 41.7 Å². The first-order chi connectivity index (χ1) is 16.0. The average molecular weight is 460 g/mol. The van der Waals surface area contributed by atoms with Crippen LogP contribution in [0.4, 0.5) is 5.69 Å². The molecule has 33 heavy (non-hydrogen) atoms. The second-order valence-corrected chi connectivity index (χ2v) is 8.46. The van der Waals surface area contributed by atoms with Crippen LogP contribution in [0.15, 0.2) is 72.9 Å². The highest BCUT2D eigenvalue weighted by Crippen LogP contribution is 2.33. The number of amides is 2. The third kappa shape index (κ3) is 4.15. The SMILES string of the molecule is Cc1cn(CCCn2cc(C3=C(Nc4cccc(Cl)c4)C(=O)NC3=O)c3ccccc32)cn1. The fourth-order valence-corrected chi connectivity index (χ4v) is 4.38. The summed E-state index contributed by atoms with van der Waals surface area (Å²) in [6.07, 6.45) is 6.70. The molecule has 2 N–H and O–H groups in total. The quantitative estimate of drug-likeness (QED) is 0.402. The molecule has 8 heteroatoms. The van der Waals surface area contributed by atoms with Crippen molar-refractivity contribution in [3.63, 3.8) is 0 Å². The molecule has 2 aromatic carbocycles. The molecule has 3 heterocycles. The number of rotatable bonds is 7. The summed E-state index contributed by atoms with van der Waals surface area (Å²) in [4.78, 5) is 29.7. The monoisotopic (exact) mass is 459 g/mol. The molecular weight excluding hydrogens is 438 g/mol. The van der Waals surface area contributed by atoms with Crippen LogP contribution in [-0.2, 0) is 22.7 Å². The Hall–Kier alpha value is -3.84. The molecule has 0 radical (unpaired) electrons. The standard InChI is InChI=1S/C25H22ClN5O2/c1-16-13-30(15-27-16)10-5-11-31-14-20(19-8-2-3-9-21(19)31)22-23(25(33)29-24(22)32)28-18-7-4-6-17(26)12-18/h2-4,6-9,12-15H,5,10-11H2,1H3,(H2,28,29,32,33). The number of halogens is 1. The Kier molecular flexibility index (Phi) is 5.48. The van der Waals surface area contributed by atoms with Crippen LogP contribution in [0.5, 0.6) is 0 Å². The molecule has 2 amide bonds. The number of carbonyl (C=O) groups is 2. The molecule has 0 spiro atoms. The highest BCUT2D eigenvalue weighted by Gasteiger charge is 2.33. The summed E-state index contributed by atoms with van der Waals surface area (Å²) in [5.41, 5.74) is 3.92. The van der Waals surface area contributed by atoms with Crippen LogP contribution in [-0.4, -0.2) is 25.9 Å². The van der Waals surface area contributed by atoms with Gasteiger partial charge in [-0.3, -0.25) is 14.9 Å². The molecule has 0 unspecified atom stereocenters. The van der Waals surface area contributed by atoms with E-state index in [1.165, 1.54) is 0 Å². The molecule has 1 aliphatic rings. The van der Waals surface area contributed by atoms with Gasteiger partial charge in [-0.1, -0.05) is 35.9 Å². The molecule has 5 rings (SSSR count). The van der Waals surface area contributed by atoms with Crippen molar-refractivity contribution < 1.29 is 9.59 Å². The van der Waals surface area contributed by atoms with Crippen molar-refractivity contribution in [2.45, 2.75) is 26.4 Å². The van der Waals surface area contributed by atoms with Gasteiger partial charge in [0.05, 0.1) is 17.6 Å². The van der Waals surface area contributed by atoms with Gasteiger partial charge in [-0.05, 0) is 37.6 Å². The number of benzene rings is 2. The maximum Gasteiger partial charge on any atom is 0.275 e. The number of hydrogen-bond donors (Lipinski definition) is 2. The van der Waals surface area contributed by atoms with E-state index in [4.69, 9.17) is 11.6 Å². The number of nitrogens with one attached hydrogen (secondary N) is 2. The van der Waals surface area contributed by atoms with Crippen molar-refractivity contribution in [1.29, 1.82) is 0 Å². The molecule has 0 saturated carbocycles. The molecule has 7 nitrogen and oxygen atoms in total. The zero-order valence-electron chi connectivity index (χ0n) is 18.0. The van der Waals surface area contributed by atoms with Gasteiger partial charge >= 0.3 is 0 Å². The van der Waals surface area contributed by atoms with Crippen LogP contribution in [0.25, 0.3) is 16.5 Å². The van der Waals surface area contributed by atoms with Crippen molar-refractivity contribution in [3.8, 4) is 0 Å². The predicted molar refractivity (Wildman–Crippen MR) is 129 cm³/mol. The molecule has 0 fully saturated rings. The zero-order valence-corrected chi connectivity index (χ0v) is 18.8. The Balaban J connectivity index is 1.51. The van der Waals surface area contributed by atoms with Crippen molar-refractivity contribution in [2.24, 2.45) is 0 Å². The van der Waals surface area contributed by atoms with Crippen LogP contribution in [0, 0.1) is 6.92 Å². The lowest BCUT2D eigenvalue weighted by atomic mass is 10.0. The van der Waals surface area contributed by atoms with Gasteiger partial charge in [-0.2, -0.15) is 0 Å². The second kappa shape index (κ2) is 8.60. The van der Waals surface area contributed by atoms with Crippen molar-refractivity contribution in [2.75, 3.05) is 5.32 Å². The number of imidazole rings is 1. The summed E-state index contributed by atoms with van der Waals surface area (Å²) >= 11 is 6.09. The number of hydrogen-bond acceptors (Lipinski definition) is 4. The van der Waals surface area contributed by atoms with Gasteiger partial charge in [-0.25, -0.2) is 4.98 Å². The number of aryl methyl sites for hydroxylation is 3. The third-order valence-corrected chi connectivity index (χ3v) is 5.90. The van der Waals surface area contributed by atoms with Crippen molar-refractivity contribution >= 4 is 45.6 Å². The average Bonchev–Trinajstić information content (AvgIpc) is 3.44. The number of carbonyl (C=O) groups excluding carboxylic acids is 2. The Morgan fingerprint density at radius 2 is 1.88 bits per heavy atom. The summed E-state index contributed by atoms with van der Waals surface area (Å²) in [6.45, 7) is 3.57. The molecule has 0 saturated heterocycles. The molecule has 166 valence electrons. The maximum absolute atomic E-state index is 12.8. The number of para-hydroxylation sites is 1. The van der Waals surface area contributed by atoms with Crippen LogP contribution < -0.4 is 10.6 Å². The van der Waals surface area contributed by atoms with Gasteiger partial charge < -0.3 is 14.5 Å². The first-order valence-electron chi connectivity index (χ1n) is 10.7. The van der Waals surface area contributed by atoms with Gasteiger partial charge in [0.15, 0.2) is 0 Å². The molecule has 1 aliphatic heterocycles. The number of anilines is 1. The summed E-state index contributed by atoms with van der Waals surface area (Å²) in [7, 11) is 0. The minimum atomic E-state index is -0.456. The lowest BCUT2D eigenvalue weighted by Gasteiger charge is -2.08. The van der Waals surface area contributed by atoms with E-state index in [0.29, 0.717) is 16.3 Å². The van der Waals surface area contributed by atoms with E-state index in [-0.39, 0.29) is 5.70 Å². The summed E-state index contributed by atoms with van der Waals surface area (Å²) in [5, 5.41) is 6.97. The van der Waals surface area contributed by atoms with E-state index in [1.807, 2.05) is 49.9 Å². The van der Waals surface area contributed by atoms with Crippen LogP contribution >= 0.6 is 11.6 Å². The number of nitrogens with zero attached hydrogens (tertiary/aromatic N) is 3. The Bertz CT molecular complexity index is 1420. The predicted octanol–water partition coefficient (Wildman–Crippen LogP) is 4.37. The summed E-state index contributed by atoms with van der Waals surface area (Å²) < 4.78 is 4.20. The maximum atomic E-state index is 12.8. The highest BCUT2D eigenvalue weighted by molar-refractivity contribution is 6.38. The van der Waals surface area contributed by atoms with Crippen molar-refractivity contribution in [3.05, 3.63) is 89.2 Å². The minimum Gasteiger partial charge on any atom is -0.350 e. The summed E-state index contributed by atoms with van der Waals surface area (Å²) in [5.74, 6) is -0.872. The van der Waals surface area contributed by atoms with Crippen LogP contribution in [0.2, 0.25) is 5.02 Å². The van der Waals surface area contributed by atoms with E-state index in [2.05, 4.69) is 24.8 Å². The highest BCUT2D eigenvalue weighted by atomic mass is 35.5. The lowest BCUT2D eigenvalue weighted by Crippen LogP contribution is -2.24. The topological polar surface area (TPSA) is 81.0 Å². The van der Waals surface area contributed by atoms with Gasteiger partial charge in [0.25, 0.3) is 11.8 Å². The van der Waals surface area contributed by atoms with Gasteiger partial charge in [0.1, 0.15) is 5.70 Å². The normalized spacial score (nSPS) is 13.8. The fourth-order valence-electron chi connectivity index (χ4n) is 4.19. The van der Waals surface area contributed by atoms with Gasteiger partial charge in [-0.15, -0.1) is 0 Å². The lowest BCUT2D eigenvalue weighted by molar-refractivity contribution is -0.123. The van der Waals surface area contributed by atoms with Crippen LogP contribution in [0.3, 0.4) is 0 Å². The molecule has 0 atom stereocenters. The number of aromatic nitrogens is 3. The molecule has 0 aliphatic carbocycles. The first-order valence-corrected chi connectivity index (χ1v) is 11.1. The third-order valence-electron chi connectivity index (χ3n) is 5.66. The van der Waals surface area contributed by atoms with E-state index >= 15 is 0 Å². The van der Waals surface area contributed by atoms with Crippen LogP contribution in [0.1, 0.15) is 17.7 Å². The second-order valence-electron chi connectivity index (χ2n) is 8.03. The van der Waals surface area contributed by atoms with Gasteiger partial charge in [0.2, 0.25) is 0 Å². The first kappa shape index (κ1) is 21.0. The molecule has 2 aromatic heterocycles. The molecular formula is C25H22ClN5O2. The Morgan fingerprint density at radius 3 is 2.67 bits per heavy atom. The molecule has 0 bridgehead atoms. The van der Waals surface area contributed by atoms with E-state index < -0.39 is 11.8 Å². The fraction of sp³-hybridized carbons (Fsp3) is 0.160. The zero-order chi connectivity index (χ0) is 22.9. The minimum absolute atomic E-state index is 0.221. The van der Waals surface area contributed by atoms with E-state index in [1.54, 1.807) is 24.3 Å². The number of imide groups is 1. The van der Waals surface area contributed by atoms with Crippen molar-refractivity contribution in [1.82, 2.24) is 19.4 Å². The summed E-state index contributed by atoms with van der Waals surface area (Å²) in [6, 6.07) is 15.0.